The smallest absolute Gasteiger partial charge is 0.320 e. The van der Waals surface area contributed by atoms with E-state index in [1.807, 2.05) is 30.3 Å². The summed E-state index contributed by atoms with van der Waals surface area (Å²) in [6, 6.07) is 26.8. The van der Waals surface area contributed by atoms with E-state index in [1.165, 1.54) is 86.3 Å². The molecule has 0 aliphatic rings. The third-order valence-corrected chi connectivity index (χ3v) is 12.6. The van der Waals surface area contributed by atoms with Crippen LogP contribution in [-0.2, 0) is 40.8 Å². The highest BCUT2D eigenvalue weighted by atomic mass is 35.5. The van der Waals surface area contributed by atoms with E-state index in [0.29, 0.717) is 38.4 Å². The van der Waals surface area contributed by atoms with Crippen molar-refractivity contribution in [2.24, 2.45) is 5.41 Å². The number of nitrogens with one attached hydrogen (secondary N) is 2. The van der Waals surface area contributed by atoms with Crippen molar-refractivity contribution in [1.82, 2.24) is 0 Å². The van der Waals surface area contributed by atoms with Crippen LogP contribution >= 0.6 is 11.6 Å². The first-order valence-corrected chi connectivity index (χ1v) is 23.1. The maximum absolute atomic E-state index is 13.8. The molecule has 11 nitrogen and oxygen atoms in total. The van der Waals surface area contributed by atoms with Gasteiger partial charge in [0.25, 0.3) is 5.91 Å². The van der Waals surface area contributed by atoms with Gasteiger partial charge in [0.05, 0.1) is 21.2 Å². The summed E-state index contributed by atoms with van der Waals surface area (Å²) in [7, 11) is -7.67. The maximum atomic E-state index is 13.8. The van der Waals surface area contributed by atoms with Crippen molar-refractivity contribution in [2.45, 2.75) is 101 Å². The average molecular weight is 856 g/mol. The van der Waals surface area contributed by atoms with Crippen molar-refractivity contribution >= 4 is 54.5 Å². The van der Waals surface area contributed by atoms with E-state index in [0.717, 1.165) is 18.4 Å². The topological polar surface area (TPSA) is 154 Å². The van der Waals surface area contributed by atoms with Crippen LogP contribution in [0.1, 0.15) is 84.6 Å². The predicted octanol–water partition coefficient (Wildman–Crippen LogP) is 9.57. The number of ketones is 1. The highest BCUT2D eigenvalue weighted by Crippen LogP contribution is 2.34. The lowest BCUT2D eigenvalue weighted by molar-refractivity contribution is -0.144. The number of halogens is 1. The third-order valence-electron chi connectivity index (χ3n) is 9.03. The molecule has 4 rings (SSSR count). The molecule has 0 saturated heterocycles. The molecule has 14 heteroatoms. The lowest BCUT2D eigenvalue weighted by Crippen LogP contribution is -2.54. The number of hydrogen-bond acceptors (Lipinski definition) is 9. The number of anilines is 2. The van der Waals surface area contributed by atoms with E-state index in [2.05, 4.69) is 17.0 Å². The van der Waals surface area contributed by atoms with E-state index >= 15 is 0 Å². The number of sulfone groups is 1. The first kappa shape index (κ1) is 46.3. The van der Waals surface area contributed by atoms with Gasteiger partial charge in [0.15, 0.2) is 0 Å². The number of unbranched alkanes of at least 4 members (excludes halogenated alkanes) is 6. The molecule has 4 aromatic carbocycles. The van der Waals surface area contributed by atoms with Gasteiger partial charge in [-0.05, 0) is 91.6 Å². The molecule has 58 heavy (non-hydrogen) atoms. The quantitative estimate of drug-likeness (QED) is 0.0399. The Labute approximate surface area is 348 Å². The van der Waals surface area contributed by atoms with Crippen molar-refractivity contribution in [3.8, 4) is 11.5 Å². The number of alkyl halides is 1. The highest BCUT2D eigenvalue weighted by Gasteiger charge is 2.51. The summed E-state index contributed by atoms with van der Waals surface area (Å²) in [4.78, 5) is 27.4. The van der Waals surface area contributed by atoms with E-state index < -0.39 is 42.0 Å². The van der Waals surface area contributed by atoms with Gasteiger partial charge in [0.2, 0.25) is 25.6 Å². The molecule has 0 spiro atoms. The summed E-state index contributed by atoms with van der Waals surface area (Å²) in [5.41, 5.74) is 0.185. The van der Waals surface area contributed by atoms with Crippen molar-refractivity contribution in [2.75, 3.05) is 29.0 Å². The molecule has 314 valence electrons. The standard InChI is InChI=1S/C44H55ClN2O9S2/c1-5-6-7-8-9-13-29-54-30-14-15-31-57(50,51)47-36-20-16-19-35(32-36)46-42(49)44(45,41(48)43(2,3)4)56-38-23-27-40(28-24-38)58(52,53)39-25-21-37(22-26-39)55-33-34-17-11-10-12-18-34/h10-12,16-28,32,47H,5-9,13-15,29-31,33H2,1-4H3,(H,46,49). The summed E-state index contributed by atoms with van der Waals surface area (Å²) < 4.78 is 72.4. The first-order chi connectivity index (χ1) is 27.5. The molecule has 0 fully saturated rings. The number of benzene rings is 4. The Morgan fingerprint density at radius 3 is 1.86 bits per heavy atom. The second-order valence-corrected chi connectivity index (χ2v) is 19.4. The molecular weight excluding hydrogens is 800 g/mol. The van der Waals surface area contributed by atoms with Crippen molar-refractivity contribution < 1.29 is 40.6 Å². The first-order valence-electron chi connectivity index (χ1n) is 19.6. The maximum Gasteiger partial charge on any atom is 0.320 e. The van der Waals surface area contributed by atoms with Gasteiger partial charge in [-0.25, -0.2) is 16.8 Å². The molecule has 2 N–H and O–H groups in total. The minimum atomic E-state index is -3.96. The molecule has 0 heterocycles. The van der Waals surface area contributed by atoms with Crippen molar-refractivity contribution in [3.63, 3.8) is 0 Å². The molecule has 1 atom stereocenters. The van der Waals surface area contributed by atoms with E-state index in [1.54, 1.807) is 32.9 Å². The highest BCUT2D eigenvalue weighted by molar-refractivity contribution is 7.92. The van der Waals surface area contributed by atoms with E-state index in [4.69, 9.17) is 25.8 Å². The van der Waals surface area contributed by atoms with Gasteiger partial charge >= 0.3 is 5.06 Å². The lowest BCUT2D eigenvalue weighted by Gasteiger charge is -2.31. The summed E-state index contributed by atoms with van der Waals surface area (Å²) in [6.45, 7) is 8.41. The zero-order valence-electron chi connectivity index (χ0n) is 33.7. The number of carbonyl (C=O) groups excluding carboxylic acids is 2. The Hall–Kier alpha value is -4.43. The average Bonchev–Trinajstić information content (AvgIpc) is 3.19. The fraction of sp³-hybridized carbons (Fsp3) is 0.409. The summed E-state index contributed by atoms with van der Waals surface area (Å²) in [5, 5.41) is -0.00417. The summed E-state index contributed by atoms with van der Waals surface area (Å²) in [6.07, 6.45) is 8.06. The molecular formula is C44H55ClN2O9S2. The third kappa shape index (κ3) is 14.1. The number of carbonyl (C=O) groups is 2. The van der Waals surface area contributed by atoms with Crippen molar-refractivity contribution in [3.05, 3.63) is 109 Å². The predicted molar refractivity (Wildman–Crippen MR) is 229 cm³/mol. The molecule has 0 aliphatic carbocycles. The van der Waals surface area contributed by atoms with E-state index in [9.17, 15) is 26.4 Å². The minimum absolute atomic E-state index is 0.0374. The fourth-order valence-electron chi connectivity index (χ4n) is 5.80. The molecule has 0 saturated carbocycles. The van der Waals surface area contributed by atoms with Crippen LogP contribution in [0.4, 0.5) is 11.4 Å². The molecule has 0 aliphatic heterocycles. The van der Waals surface area contributed by atoms with Gasteiger partial charge in [-0.3, -0.25) is 14.3 Å². The van der Waals surface area contributed by atoms with Crippen LogP contribution in [0.2, 0.25) is 0 Å². The number of Topliss-reactive ketones (excluding diaryl/α,β-unsaturated/α-hetero) is 1. The molecule has 0 aromatic heterocycles. The molecule has 1 unspecified atom stereocenters. The molecule has 1 amide bonds. The number of hydrogen-bond donors (Lipinski definition) is 2. The number of amides is 1. The number of rotatable bonds is 24. The van der Waals surface area contributed by atoms with Crippen LogP contribution < -0.4 is 19.5 Å². The Kier molecular flexibility index (Phi) is 17.2. The zero-order chi connectivity index (χ0) is 42.2. The van der Waals surface area contributed by atoms with Gasteiger partial charge < -0.3 is 19.5 Å². The number of ether oxygens (including phenoxy) is 3. The SMILES string of the molecule is CCCCCCCCOCCCCS(=O)(=O)Nc1cccc(NC(=O)C(Cl)(Oc2ccc(S(=O)(=O)c3ccc(OCc4ccccc4)cc3)cc2)C(=O)C(C)(C)C)c1. The van der Waals surface area contributed by atoms with Crippen LogP contribution in [0.5, 0.6) is 11.5 Å². The van der Waals surface area contributed by atoms with Crippen LogP contribution in [0.25, 0.3) is 0 Å². The van der Waals surface area contributed by atoms with Crippen LogP contribution in [0.3, 0.4) is 0 Å². The zero-order valence-corrected chi connectivity index (χ0v) is 36.1. The second kappa shape index (κ2) is 21.5. The Morgan fingerprint density at radius 1 is 0.672 bits per heavy atom. The molecule has 0 radical (unpaired) electrons. The monoisotopic (exact) mass is 854 g/mol. The van der Waals surface area contributed by atoms with Crippen LogP contribution in [0, 0.1) is 5.41 Å². The minimum Gasteiger partial charge on any atom is -0.489 e. The fourth-order valence-corrected chi connectivity index (χ4v) is 8.66. The summed E-state index contributed by atoms with van der Waals surface area (Å²) in [5.74, 6) is -1.44. The van der Waals surface area contributed by atoms with Gasteiger partial charge in [-0.15, -0.1) is 0 Å². The lowest BCUT2D eigenvalue weighted by atomic mass is 9.86. The van der Waals surface area contributed by atoms with Gasteiger partial charge in [-0.2, -0.15) is 0 Å². The second-order valence-electron chi connectivity index (χ2n) is 15.0. The van der Waals surface area contributed by atoms with Gasteiger partial charge in [0, 0.05) is 24.3 Å². The Morgan fingerprint density at radius 2 is 1.24 bits per heavy atom. The Bertz CT molecular complexity index is 2140. The summed E-state index contributed by atoms with van der Waals surface area (Å²) >= 11 is 6.76. The molecule has 0 bridgehead atoms. The molecule has 4 aromatic rings. The van der Waals surface area contributed by atoms with Gasteiger partial charge in [0.1, 0.15) is 18.1 Å². The van der Waals surface area contributed by atoms with E-state index in [-0.39, 0.29) is 32.7 Å². The van der Waals surface area contributed by atoms with Crippen LogP contribution in [0.15, 0.2) is 113 Å². The normalized spacial score (nSPS) is 13.0. The van der Waals surface area contributed by atoms with Crippen molar-refractivity contribution in [1.29, 1.82) is 0 Å². The van der Waals surface area contributed by atoms with Crippen LogP contribution in [-0.4, -0.2) is 52.6 Å². The van der Waals surface area contributed by atoms with Gasteiger partial charge in [-0.1, -0.05) is 108 Å². The largest absolute Gasteiger partial charge is 0.489 e. The number of sulfonamides is 1. The Balaban J connectivity index is 1.36.